The van der Waals surface area contributed by atoms with Gasteiger partial charge in [0.2, 0.25) is 0 Å². The molecule has 6 N–H and O–H groups in total. The molecule has 0 saturated carbocycles. The van der Waals surface area contributed by atoms with Crippen molar-refractivity contribution in [3.8, 4) is 0 Å². The number of aromatic amines is 2. The van der Waals surface area contributed by atoms with Crippen LogP contribution in [-0.4, -0.2) is 54.0 Å². The zero-order valence-electron chi connectivity index (χ0n) is 28.8. The maximum absolute atomic E-state index is 13.3. The molecule has 0 aliphatic carbocycles. The number of carbonyl (C=O) groups excluding carboxylic acids is 4. The third-order valence-electron chi connectivity index (χ3n) is 7.15. The molecule has 304 valence electrons. The Morgan fingerprint density at radius 1 is 0.596 bits per heavy atom. The highest BCUT2D eigenvalue weighted by atomic mass is 35.5. The van der Waals surface area contributed by atoms with Crippen molar-refractivity contribution in [2.45, 2.75) is 26.9 Å². The van der Waals surface area contributed by atoms with E-state index >= 15 is 0 Å². The molecule has 0 radical (unpaired) electrons. The molecule has 25 heteroatoms. The van der Waals surface area contributed by atoms with Gasteiger partial charge in [-0.05, 0) is 38.1 Å². The minimum Gasteiger partial charge on any atom is -0.446 e. The van der Waals surface area contributed by atoms with Crippen molar-refractivity contribution >= 4 is 95.7 Å². The van der Waals surface area contributed by atoms with Crippen molar-refractivity contribution in [1.82, 2.24) is 41.0 Å². The first-order valence-electron chi connectivity index (χ1n) is 15.1. The summed E-state index contributed by atoms with van der Waals surface area (Å²) in [5.74, 6) is -6.37. The number of hydrogen-bond acceptors (Lipinski definition) is 10. The van der Waals surface area contributed by atoms with Crippen molar-refractivity contribution in [2.75, 3.05) is 10.6 Å². The summed E-state index contributed by atoms with van der Waals surface area (Å²) in [6.45, 7) is 3.71. The number of oxazole rings is 2. The van der Waals surface area contributed by atoms with Crippen LogP contribution in [0.1, 0.15) is 64.6 Å². The number of rotatable bonds is 10. The molecular weight excluding hydrogens is 874 g/mol. The first-order valence-corrected chi connectivity index (χ1v) is 15.8. The van der Waals surface area contributed by atoms with Crippen LogP contribution in [0.5, 0.6) is 0 Å². The molecule has 57 heavy (non-hydrogen) atoms. The molecule has 0 aliphatic rings. The Labute approximate surface area is 346 Å². The number of hydrogen-bond donors (Lipinski definition) is 6. The maximum Gasteiger partial charge on any atom is 0.269 e. The van der Waals surface area contributed by atoms with Gasteiger partial charge in [0.15, 0.2) is 47.7 Å². The lowest BCUT2D eigenvalue weighted by molar-refractivity contribution is 0.0935. The molecule has 0 saturated heterocycles. The van der Waals surface area contributed by atoms with E-state index in [4.69, 9.17) is 32.0 Å². The van der Waals surface area contributed by atoms with E-state index in [1.165, 1.54) is 24.9 Å². The maximum atomic E-state index is 13.3. The zero-order chi connectivity index (χ0) is 39.1. The van der Waals surface area contributed by atoms with Gasteiger partial charge in [-0.3, -0.25) is 29.4 Å². The monoisotopic (exact) mass is 898 g/mol. The molecule has 4 aromatic heterocycles. The van der Waals surface area contributed by atoms with E-state index in [2.05, 4.69) is 51.6 Å². The van der Waals surface area contributed by atoms with Crippen LogP contribution < -0.4 is 21.3 Å². The third-order valence-corrected chi connectivity index (χ3v) is 7.77. The first kappa shape index (κ1) is 47.5. The van der Waals surface area contributed by atoms with Crippen LogP contribution in [0, 0.1) is 37.1 Å². The zero-order valence-corrected chi connectivity index (χ0v) is 32.7. The number of halogens is 9. The van der Waals surface area contributed by atoms with Crippen LogP contribution in [0.3, 0.4) is 0 Å². The van der Waals surface area contributed by atoms with Gasteiger partial charge in [0.05, 0.1) is 45.6 Å². The summed E-state index contributed by atoms with van der Waals surface area (Å²) in [5.41, 5.74) is 0.890. The summed E-state index contributed by atoms with van der Waals surface area (Å²) in [6, 6.07) is 5.28. The summed E-state index contributed by atoms with van der Waals surface area (Å²) in [7, 11) is 0. The number of aryl methyl sites for hydroxylation is 2. The van der Waals surface area contributed by atoms with Gasteiger partial charge >= 0.3 is 0 Å². The summed E-state index contributed by atoms with van der Waals surface area (Å²) < 4.78 is 63.0. The second-order valence-electron chi connectivity index (χ2n) is 10.8. The Kier molecular flexibility index (Phi) is 17.5. The highest BCUT2D eigenvalue weighted by Crippen LogP contribution is 2.23. The average molecular weight is 901 g/mol. The number of amides is 4. The van der Waals surface area contributed by atoms with Gasteiger partial charge in [0.1, 0.15) is 22.9 Å². The van der Waals surface area contributed by atoms with E-state index in [0.29, 0.717) is 47.2 Å². The van der Waals surface area contributed by atoms with Crippen LogP contribution >= 0.6 is 60.4 Å². The molecule has 4 heterocycles. The van der Waals surface area contributed by atoms with Gasteiger partial charge in [-0.2, -0.15) is 10.2 Å². The van der Waals surface area contributed by atoms with E-state index in [-0.39, 0.29) is 94.5 Å². The fraction of sp³-hybridized carbons (Fsp3) is 0.125. The smallest absolute Gasteiger partial charge is 0.269 e. The summed E-state index contributed by atoms with van der Waals surface area (Å²) in [4.78, 5) is 56.3. The van der Waals surface area contributed by atoms with Crippen molar-refractivity contribution in [3.63, 3.8) is 0 Å². The first-order chi connectivity index (χ1) is 25.7. The van der Waals surface area contributed by atoms with E-state index in [0.717, 1.165) is 0 Å². The lowest BCUT2D eigenvalue weighted by Gasteiger charge is -2.05. The van der Waals surface area contributed by atoms with Crippen molar-refractivity contribution in [3.05, 3.63) is 128 Å². The van der Waals surface area contributed by atoms with Crippen LogP contribution in [0.2, 0.25) is 10.0 Å². The molecule has 0 bridgehead atoms. The summed E-state index contributed by atoms with van der Waals surface area (Å²) in [6.07, 6.45) is 2.54. The van der Waals surface area contributed by atoms with Crippen LogP contribution in [-0.2, 0) is 13.1 Å². The minimum absolute atomic E-state index is 0. The molecule has 0 spiro atoms. The molecule has 4 amide bonds. The predicted molar refractivity (Wildman–Crippen MR) is 202 cm³/mol. The Bertz CT molecular complexity index is 2210. The standard InChI is InChI=1S/2C16H12ClF2N5O3.3ClH/c2*1-7-13(27-6-21-7)5-20-16(26)12-4-14(24-23-12)22-15(25)8-2-10(18)11(19)3-9(8)17;;;/h2*2-4,6H,5H2,1H3,(H,20,26)(H2,22,23,24,25);3*1H. The third kappa shape index (κ3) is 12.2. The second-order valence-corrected chi connectivity index (χ2v) is 11.6. The molecule has 2 aromatic carbocycles. The predicted octanol–water partition coefficient (Wildman–Crippen LogP) is 6.91. The highest BCUT2D eigenvalue weighted by Gasteiger charge is 2.19. The number of nitrogens with zero attached hydrogens (tertiary/aromatic N) is 4. The molecule has 0 aliphatic heterocycles. The van der Waals surface area contributed by atoms with Gasteiger partial charge in [-0.25, -0.2) is 27.5 Å². The lowest BCUT2D eigenvalue weighted by Crippen LogP contribution is -2.23. The fourth-order valence-electron chi connectivity index (χ4n) is 4.27. The van der Waals surface area contributed by atoms with Crippen LogP contribution in [0.15, 0.2) is 58.0 Å². The number of benzene rings is 2. The topological polar surface area (TPSA) is 226 Å². The second kappa shape index (κ2) is 21.0. The Morgan fingerprint density at radius 2 is 0.947 bits per heavy atom. The normalized spacial score (nSPS) is 10.1. The van der Waals surface area contributed by atoms with Crippen LogP contribution in [0.25, 0.3) is 0 Å². The Balaban J connectivity index is 0.000000374. The Hall–Kier alpha value is -5.67. The van der Waals surface area contributed by atoms with Crippen molar-refractivity contribution in [2.24, 2.45) is 0 Å². The number of carbonyl (C=O) groups is 4. The van der Waals surface area contributed by atoms with Crippen molar-refractivity contribution in [1.29, 1.82) is 0 Å². The van der Waals surface area contributed by atoms with E-state index < -0.39 is 46.9 Å². The van der Waals surface area contributed by atoms with Gasteiger partial charge in [-0.1, -0.05) is 23.2 Å². The van der Waals surface area contributed by atoms with Crippen molar-refractivity contribution < 1.29 is 45.6 Å². The largest absolute Gasteiger partial charge is 0.446 e. The van der Waals surface area contributed by atoms with E-state index in [1.54, 1.807) is 13.8 Å². The molecule has 0 fully saturated rings. The van der Waals surface area contributed by atoms with Crippen LogP contribution in [0.4, 0.5) is 29.2 Å². The fourth-order valence-corrected chi connectivity index (χ4v) is 4.74. The van der Waals surface area contributed by atoms with Gasteiger partial charge in [0.25, 0.3) is 23.6 Å². The van der Waals surface area contributed by atoms with E-state index in [1.807, 2.05) is 0 Å². The highest BCUT2D eigenvalue weighted by molar-refractivity contribution is 6.35. The number of aromatic nitrogens is 6. The number of H-pyrrole nitrogens is 2. The quantitative estimate of drug-likeness (QED) is 0.0616. The lowest BCUT2D eigenvalue weighted by atomic mass is 10.2. The molecule has 6 aromatic rings. The van der Waals surface area contributed by atoms with Gasteiger partial charge in [-0.15, -0.1) is 37.2 Å². The molecule has 16 nitrogen and oxygen atoms in total. The summed E-state index contributed by atoms with van der Waals surface area (Å²) >= 11 is 11.5. The molecule has 0 atom stereocenters. The molecule has 6 rings (SSSR count). The summed E-state index contributed by atoms with van der Waals surface area (Å²) in [5, 5.41) is 21.8. The molecular formula is C32H27Cl5F4N10O6. The minimum atomic E-state index is -1.21. The average Bonchev–Trinajstić information content (AvgIpc) is 3.95. The van der Waals surface area contributed by atoms with Gasteiger partial charge < -0.3 is 30.1 Å². The molecule has 0 unspecified atom stereocenters. The number of nitrogens with one attached hydrogen (secondary N) is 6. The SMILES string of the molecule is Cc1ncoc1CNC(=O)c1cc(NC(=O)c2cc(F)c(F)cc2Cl)n[nH]1.Cc1ncoc1CNC(=O)c1cc(NC(=O)c2cc(F)c(F)cc2Cl)n[nH]1.Cl.Cl.Cl. The number of anilines is 2. The Morgan fingerprint density at radius 3 is 1.28 bits per heavy atom. The van der Waals surface area contributed by atoms with E-state index in [9.17, 15) is 36.7 Å². The van der Waals surface area contributed by atoms with Gasteiger partial charge in [0, 0.05) is 12.1 Å².